The van der Waals surface area contributed by atoms with Crippen molar-refractivity contribution < 1.29 is 26.7 Å². The van der Waals surface area contributed by atoms with Crippen LogP contribution in [0.2, 0.25) is 0 Å². The van der Waals surface area contributed by atoms with Crippen molar-refractivity contribution in [1.82, 2.24) is 14.8 Å². The summed E-state index contributed by atoms with van der Waals surface area (Å²) in [6.07, 6.45) is 1.70. The second-order valence-electron chi connectivity index (χ2n) is 7.34. The van der Waals surface area contributed by atoms with Crippen molar-refractivity contribution in [2.45, 2.75) is 12.2 Å². The first-order chi connectivity index (χ1) is 16.3. The minimum absolute atomic E-state index is 0.163. The standard InChI is InChI=1S/C23H21BrFN3O5S/c1-31-18-5-3-6-19(32-2)22(18)28-21(26-27-23(28)20-7-4-11-33-20)14-34(29,30)12-10-15-8-9-16(25)13-17(15)24/h3-9,11,13H,10,12,14H2,1-2H3. The number of sulfone groups is 1. The molecule has 0 unspecified atom stereocenters. The molecule has 2 aromatic carbocycles. The summed E-state index contributed by atoms with van der Waals surface area (Å²) >= 11 is 3.28. The SMILES string of the molecule is COc1cccc(OC)c1-n1c(CS(=O)(=O)CCc2ccc(F)cc2Br)nnc1-c1ccco1. The lowest BCUT2D eigenvalue weighted by molar-refractivity contribution is 0.390. The van der Waals surface area contributed by atoms with Gasteiger partial charge in [-0.25, -0.2) is 12.8 Å². The number of methoxy groups -OCH3 is 2. The highest BCUT2D eigenvalue weighted by Gasteiger charge is 2.26. The summed E-state index contributed by atoms with van der Waals surface area (Å²) in [6, 6.07) is 12.8. The molecule has 0 radical (unpaired) electrons. The summed E-state index contributed by atoms with van der Waals surface area (Å²) in [5, 5.41) is 8.38. The van der Waals surface area contributed by atoms with Crippen LogP contribution in [0.5, 0.6) is 11.5 Å². The molecule has 0 aliphatic rings. The maximum Gasteiger partial charge on any atom is 0.204 e. The van der Waals surface area contributed by atoms with Crippen molar-refractivity contribution >= 4 is 25.8 Å². The van der Waals surface area contributed by atoms with Gasteiger partial charge >= 0.3 is 0 Å². The maximum atomic E-state index is 13.4. The van der Waals surface area contributed by atoms with E-state index in [1.165, 1.54) is 32.6 Å². The predicted octanol–water partition coefficient (Wildman–Crippen LogP) is 4.60. The molecular formula is C23H21BrFN3O5S. The molecule has 2 heterocycles. The number of nitrogens with zero attached hydrogens (tertiary/aromatic N) is 3. The van der Waals surface area contributed by atoms with Crippen molar-refractivity contribution in [3.63, 3.8) is 0 Å². The molecule has 0 N–H and O–H groups in total. The Balaban J connectivity index is 1.73. The number of halogens is 2. The Morgan fingerprint density at radius 2 is 1.79 bits per heavy atom. The molecule has 34 heavy (non-hydrogen) atoms. The fraction of sp³-hybridized carbons (Fsp3) is 0.217. The van der Waals surface area contributed by atoms with Gasteiger partial charge in [-0.1, -0.05) is 28.1 Å². The summed E-state index contributed by atoms with van der Waals surface area (Å²) in [5.41, 5.74) is 1.14. The zero-order chi connectivity index (χ0) is 24.3. The van der Waals surface area contributed by atoms with E-state index in [4.69, 9.17) is 13.9 Å². The molecule has 0 atom stereocenters. The van der Waals surface area contributed by atoms with Crippen LogP contribution in [0.25, 0.3) is 17.3 Å². The minimum Gasteiger partial charge on any atom is -0.494 e. The molecule has 0 bridgehead atoms. The van der Waals surface area contributed by atoms with Gasteiger partial charge in [-0.3, -0.25) is 4.57 Å². The van der Waals surface area contributed by atoms with Crippen LogP contribution in [-0.4, -0.2) is 43.2 Å². The van der Waals surface area contributed by atoms with Crippen LogP contribution in [0.4, 0.5) is 4.39 Å². The topological polar surface area (TPSA) is 96.5 Å². The van der Waals surface area contributed by atoms with E-state index in [0.29, 0.717) is 38.8 Å². The first-order valence-corrected chi connectivity index (χ1v) is 12.8. The van der Waals surface area contributed by atoms with Gasteiger partial charge in [-0.2, -0.15) is 0 Å². The molecule has 0 aliphatic carbocycles. The molecule has 2 aromatic heterocycles. The average molecular weight is 550 g/mol. The van der Waals surface area contributed by atoms with E-state index in [2.05, 4.69) is 26.1 Å². The Bertz CT molecular complexity index is 1380. The fourth-order valence-electron chi connectivity index (χ4n) is 3.52. The highest BCUT2D eigenvalue weighted by atomic mass is 79.9. The van der Waals surface area contributed by atoms with E-state index in [1.807, 2.05) is 0 Å². The monoisotopic (exact) mass is 549 g/mol. The number of furan rings is 1. The molecule has 0 saturated heterocycles. The molecule has 0 amide bonds. The van der Waals surface area contributed by atoms with Gasteiger partial charge in [0.15, 0.2) is 21.4 Å². The van der Waals surface area contributed by atoms with Gasteiger partial charge in [-0.15, -0.1) is 10.2 Å². The first kappa shape index (κ1) is 24.0. The molecule has 0 aliphatic heterocycles. The molecular weight excluding hydrogens is 529 g/mol. The molecule has 8 nitrogen and oxygen atoms in total. The van der Waals surface area contributed by atoms with Crippen molar-refractivity contribution in [2.75, 3.05) is 20.0 Å². The van der Waals surface area contributed by atoms with Gasteiger partial charge in [-0.05, 0) is 48.4 Å². The summed E-state index contributed by atoms with van der Waals surface area (Å²) in [4.78, 5) is 0. The van der Waals surface area contributed by atoms with Gasteiger partial charge in [0.05, 0.1) is 26.2 Å². The summed E-state index contributed by atoms with van der Waals surface area (Å²) < 4.78 is 58.2. The Kier molecular flexibility index (Phi) is 7.03. The number of aryl methyl sites for hydroxylation is 1. The molecule has 11 heteroatoms. The molecule has 0 saturated carbocycles. The highest BCUT2D eigenvalue weighted by molar-refractivity contribution is 9.10. The van der Waals surface area contributed by atoms with Crippen LogP contribution in [-0.2, 0) is 22.0 Å². The van der Waals surface area contributed by atoms with Crippen LogP contribution in [0.1, 0.15) is 11.4 Å². The van der Waals surface area contributed by atoms with Gasteiger partial charge in [0.1, 0.15) is 28.8 Å². The number of hydrogen-bond donors (Lipinski definition) is 0. The van der Waals surface area contributed by atoms with Gasteiger partial charge in [0, 0.05) is 4.47 Å². The summed E-state index contributed by atoms with van der Waals surface area (Å²) in [5.74, 6) is 0.819. The van der Waals surface area contributed by atoms with Crippen molar-refractivity contribution in [3.05, 3.63) is 76.5 Å². The number of benzene rings is 2. The lowest BCUT2D eigenvalue weighted by atomic mass is 10.2. The molecule has 4 rings (SSSR count). The number of hydrogen-bond acceptors (Lipinski definition) is 7. The third kappa shape index (κ3) is 5.00. The van der Waals surface area contributed by atoms with Crippen LogP contribution < -0.4 is 9.47 Å². The average Bonchev–Trinajstić information content (AvgIpc) is 3.47. The van der Waals surface area contributed by atoms with Gasteiger partial charge < -0.3 is 13.9 Å². The maximum absolute atomic E-state index is 13.4. The van der Waals surface area contributed by atoms with Crippen LogP contribution in [0.15, 0.2) is 63.7 Å². The summed E-state index contributed by atoms with van der Waals surface area (Å²) in [7, 11) is -0.623. The smallest absolute Gasteiger partial charge is 0.204 e. The van der Waals surface area contributed by atoms with E-state index >= 15 is 0 Å². The Morgan fingerprint density at radius 3 is 2.41 bits per heavy atom. The Morgan fingerprint density at radius 1 is 1.06 bits per heavy atom. The number of aromatic nitrogens is 3. The van der Waals surface area contributed by atoms with E-state index in [1.54, 1.807) is 41.0 Å². The zero-order valence-electron chi connectivity index (χ0n) is 18.4. The van der Waals surface area contributed by atoms with E-state index in [0.717, 1.165) is 0 Å². The quantitative estimate of drug-likeness (QED) is 0.301. The van der Waals surface area contributed by atoms with E-state index in [-0.39, 0.29) is 23.8 Å². The minimum atomic E-state index is -3.63. The normalized spacial score (nSPS) is 11.5. The fourth-order valence-corrected chi connectivity index (χ4v) is 5.33. The van der Waals surface area contributed by atoms with Gasteiger partial charge in [0.2, 0.25) is 5.82 Å². The first-order valence-electron chi connectivity index (χ1n) is 10.2. The lowest BCUT2D eigenvalue weighted by Gasteiger charge is -2.17. The molecule has 178 valence electrons. The van der Waals surface area contributed by atoms with Crippen LogP contribution >= 0.6 is 15.9 Å². The third-order valence-electron chi connectivity index (χ3n) is 5.14. The van der Waals surface area contributed by atoms with Crippen molar-refractivity contribution in [2.24, 2.45) is 0 Å². The summed E-state index contributed by atoms with van der Waals surface area (Å²) in [6.45, 7) is 0. The number of para-hydroxylation sites is 1. The third-order valence-corrected chi connectivity index (χ3v) is 7.41. The molecule has 0 fully saturated rings. The Labute approximate surface area is 204 Å². The second kappa shape index (κ2) is 9.98. The van der Waals surface area contributed by atoms with Crippen molar-refractivity contribution in [1.29, 1.82) is 0 Å². The predicted molar refractivity (Wildman–Crippen MR) is 127 cm³/mol. The lowest BCUT2D eigenvalue weighted by Crippen LogP contribution is -2.16. The van der Waals surface area contributed by atoms with Crippen molar-refractivity contribution in [3.8, 4) is 28.8 Å². The van der Waals surface area contributed by atoms with Crippen LogP contribution in [0, 0.1) is 5.82 Å². The van der Waals surface area contributed by atoms with Gasteiger partial charge in [0.25, 0.3) is 0 Å². The second-order valence-corrected chi connectivity index (χ2v) is 10.4. The highest BCUT2D eigenvalue weighted by Crippen LogP contribution is 2.36. The van der Waals surface area contributed by atoms with E-state index in [9.17, 15) is 12.8 Å². The Hall–Kier alpha value is -3.18. The molecule has 0 spiro atoms. The van der Waals surface area contributed by atoms with Crippen LogP contribution in [0.3, 0.4) is 0 Å². The molecule has 4 aromatic rings. The van der Waals surface area contributed by atoms with E-state index < -0.39 is 15.7 Å². The zero-order valence-corrected chi connectivity index (χ0v) is 20.8. The largest absolute Gasteiger partial charge is 0.494 e. The number of ether oxygens (including phenoxy) is 2. The number of rotatable bonds is 9.